The van der Waals surface area contributed by atoms with Crippen LogP contribution in [-0.2, 0) is 0 Å². The lowest BCUT2D eigenvalue weighted by molar-refractivity contribution is 0.318. The average Bonchev–Trinajstić information content (AvgIpc) is 2.02. The minimum Gasteiger partial charge on any atom is -0.409 e. The zero-order valence-electron chi connectivity index (χ0n) is 6.88. The molecule has 0 bridgehead atoms. The Labute approximate surface area is 89.3 Å². The van der Waals surface area contributed by atoms with Gasteiger partial charge >= 0.3 is 0 Å². The smallest absolute Gasteiger partial charge is 0.171 e. The van der Waals surface area contributed by atoms with E-state index in [4.69, 9.17) is 22.5 Å². The molecule has 0 atom stereocenters. The summed E-state index contributed by atoms with van der Waals surface area (Å²) in [5.41, 5.74) is 6.86. The van der Waals surface area contributed by atoms with Crippen LogP contribution in [0.5, 0.6) is 0 Å². The predicted molar refractivity (Wildman–Crippen MR) is 56.4 cm³/mol. The molecule has 3 N–H and O–H groups in total. The van der Waals surface area contributed by atoms with Gasteiger partial charge < -0.3 is 10.9 Å². The van der Waals surface area contributed by atoms with E-state index in [1.54, 1.807) is 6.07 Å². The molecule has 0 aliphatic heterocycles. The fourth-order valence-electron chi connectivity index (χ4n) is 1.08. The van der Waals surface area contributed by atoms with E-state index in [9.17, 15) is 0 Å². The van der Waals surface area contributed by atoms with Crippen LogP contribution >= 0.6 is 27.5 Å². The number of nitrogens with zero attached hydrogens (tertiary/aromatic N) is 1. The van der Waals surface area contributed by atoms with E-state index < -0.39 is 0 Å². The Balaban J connectivity index is 3.37. The molecule has 3 nitrogen and oxygen atoms in total. The third-order valence-electron chi connectivity index (χ3n) is 1.62. The molecule has 0 aliphatic carbocycles. The van der Waals surface area contributed by atoms with Crippen molar-refractivity contribution < 1.29 is 5.21 Å². The highest BCUT2D eigenvalue weighted by molar-refractivity contribution is 9.10. The molecular weight excluding hydrogens is 255 g/mol. The van der Waals surface area contributed by atoms with Crippen LogP contribution in [0, 0.1) is 6.92 Å². The summed E-state index contributed by atoms with van der Waals surface area (Å²) in [6, 6.07) is 3.54. The highest BCUT2D eigenvalue weighted by Gasteiger charge is 2.09. The Morgan fingerprint density at radius 3 is 2.69 bits per heavy atom. The van der Waals surface area contributed by atoms with Gasteiger partial charge in [0.1, 0.15) is 0 Å². The van der Waals surface area contributed by atoms with E-state index in [1.165, 1.54) is 0 Å². The molecule has 70 valence electrons. The van der Waals surface area contributed by atoms with Crippen molar-refractivity contribution in [2.24, 2.45) is 10.9 Å². The molecule has 5 heteroatoms. The van der Waals surface area contributed by atoms with Gasteiger partial charge in [0.25, 0.3) is 0 Å². The van der Waals surface area contributed by atoms with Crippen LogP contribution < -0.4 is 5.73 Å². The molecule has 0 amide bonds. The Morgan fingerprint density at radius 1 is 1.62 bits per heavy atom. The highest BCUT2D eigenvalue weighted by atomic mass is 79.9. The first-order valence-corrected chi connectivity index (χ1v) is 4.67. The Morgan fingerprint density at radius 2 is 2.23 bits per heavy atom. The molecule has 0 heterocycles. The van der Waals surface area contributed by atoms with E-state index >= 15 is 0 Å². The Hall–Kier alpha value is -0.740. The fraction of sp³-hybridized carbons (Fsp3) is 0.125. The lowest BCUT2D eigenvalue weighted by atomic mass is 10.1. The van der Waals surface area contributed by atoms with Crippen molar-refractivity contribution in [3.8, 4) is 0 Å². The van der Waals surface area contributed by atoms with Gasteiger partial charge in [0, 0.05) is 10.0 Å². The van der Waals surface area contributed by atoms with E-state index in [2.05, 4.69) is 21.1 Å². The normalized spacial score (nSPS) is 11.8. The number of halogens is 2. The van der Waals surface area contributed by atoms with Gasteiger partial charge in [0.2, 0.25) is 0 Å². The van der Waals surface area contributed by atoms with Gasteiger partial charge in [0.05, 0.1) is 5.02 Å². The zero-order valence-corrected chi connectivity index (χ0v) is 9.22. The van der Waals surface area contributed by atoms with E-state index in [0.29, 0.717) is 10.6 Å². The van der Waals surface area contributed by atoms with Gasteiger partial charge in [-0.15, -0.1) is 0 Å². The maximum absolute atomic E-state index is 8.50. The Bertz CT molecular complexity index is 342. The maximum atomic E-state index is 8.50. The van der Waals surface area contributed by atoms with E-state index in [-0.39, 0.29) is 5.84 Å². The summed E-state index contributed by atoms with van der Waals surface area (Å²) in [6.07, 6.45) is 0. The van der Waals surface area contributed by atoms with Crippen LogP contribution in [0.3, 0.4) is 0 Å². The summed E-state index contributed by atoms with van der Waals surface area (Å²) in [7, 11) is 0. The van der Waals surface area contributed by atoms with Gasteiger partial charge in [-0.3, -0.25) is 0 Å². The Kier molecular flexibility index (Phi) is 3.17. The van der Waals surface area contributed by atoms with Crippen molar-refractivity contribution in [2.45, 2.75) is 6.92 Å². The molecule has 0 unspecified atom stereocenters. The van der Waals surface area contributed by atoms with Gasteiger partial charge in [-0.2, -0.15) is 0 Å². The van der Waals surface area contributed by atoms with Crippen LogP contribution in [-0.4, -0.2) is 11.0 Å². The molecular formula is C8H8BrClN2O. The standard InChI is InChI=1S/C8H8BrClN2O/c1-4-2-5(9)3-6(10)7(4)8(11)12-13/h2-3,13H,1H3,(H2,11,12). The number of hydrogen-bond acceptors (Lipinski definition) is 2. The number of oxime groups is 1. The number of aryl methyl sites for hydroxylation is 1. The van der Waals surface area contributed by atoms with Gasteiger partial charge in [-0.25, -0.2) is 0 Å². The second-order valence-electron chi connectivity index (χ2n) is 2.56. The molecule has 1 aromatic carbocycles. The number of hydrogen-bond donors (Lipinski definition) is 2. The SMILES string of the molecule is Cc1cc(Br)cc(Cl)c1/C(N)=N/O. The van der Waals surface area contributed by atoms with Crippen molar-refractivity contribution >= 4 is 33.4 Å². The summed E-state index contributed by atoms with van der Waals surface area (Å²) in [5.74, 6) is 0.0231. The topological polar surface area (TPSA) is 58.6 Å². The number of nitrogens with two attached hydrogens (primary N) is 1. The van der Waals surface area contributed by atoms with Crippen molar-refractivity contribution in [1.29, 1.82) is 0 Å². The first-order chi connectivity index (χ1) is 6.06. The minimum atomic E-state index is 0.0231. The minimum absolute atomic E-state index is 0.0231. The first kappa shape index (κ1) is 10.3. The summed E-state index contributed by atoms with van der Waals surface area (Å²) >= 11 is 9.20. The third-order valence-corrected chi connectivity index (χ3v) is 2.37. The predicted octanol–water partition coefficient (Wildman–Crippen LogP) is 2.51. The number of amidine groups is 1. The van der Waals surface area contributed by atoms with Gasteiger partial charge in [0.15, 0.2) is 5.84 Å². The molecule has 0 aromatic heterocycles. The van der Waals surface area contributed by atoms with Crippen LogP contribution in [0.25, 0.3) is 0 Å². The summed E-state index contributed by atoms with van der Waals surface area (Å²) in [6.45, 7) is 1.84. The molecule has 0 saturated heterocycles. The van der Waals surface area contributed by atoms with Crippen LogP contribution in [0.15, 0.2) is 21.8 Å². The lowest BCUT2D eigenvalue weighted by Gasteiger charge is -2.06. The van der Waals surface area contributed by atoms with Crippen LogP contribution in [0.2, 0.25) is 5.02 Å². The molecule has 0 saturated carbocycles. The zero-order chi connectivity index (χ0) is 10.0. The maximum Gasteiger partial charge on any atom is 0.171 e. The summed E-state index contributed by atoms with van der Waals surface area (Å²) in [5, 5.41) is 11.9. The molecule has 0 fully saturated rings. The monoisotopic (exact) mass is 262 g/mol. The largest absolute Gasteiger partial charge is 0.409 e. The average molecular weight is 264 g/mol. The van der Waals surface area contributed by atoms with Crippen molar-refractivity contribution in [3.63, 3.8) is 0 Å². The highest BCUT2D eigenvalue weighted by Crippen LogP contribution is 2.24. The molecule has 0 spiro atoms. The second kappa shape index (κ2) is 3.98. The molecule has 0 radical (unpaired) electrons. The molecule has 1 rings (SSSR count). The quantitative estimate of drug-likeness (QED) is 0.354. The molecule has 1 aromatic rings. The summed E-state index contributed by atoms with van der Waals surface area (Å²) < 4.78 is 0.865. The van der Waals surface area contributed by atoms with E-state index in [1.807, 2.05) is 13.0 Å². The van der Waals surface area contributed by atoms with E-state index in [0.717, 1.165) is 10.0 Å². The van der Waals surface area contributed by atoms with Crippen LogP contribution in [0.4, 0.5) is 0 Å². The third kappa shape index (κ3) is 2.14. The molecule has 0 aliphatic rings. The van der Waals surface area contributed by atoms with Crippen molar-refractivity contribution in [1.82, 2.24) is 0 Å². The second-order valence-corrected chi connectivity index (χ2v) is 3.89. The summed E-state index contributed by atoms with van der Waals surface area (Å²) in [4.78, 5) is 0. The van der Waals surface area contributed by atoms with Gasteiger partial charge in [-0.05, 0) is 24.6 Å². The lowest BCUT2D eigenvalue weighted by Crippen LogP contribution is -2.15. The fourth-order valence-corrected chi connectivity index (χ4v) is 2.14. The van der Waals surface area contributed by atoms with Gasteiger partial charge in [-0.1, -0.05) is 32.7 Å². The van der Waals surface area contributed by atoms with Crippen molar-refractivity contribution in [3.05, 3.63) is 32.8 Å². The first-order valence-electron chi connectivity index (χ1n) is 3.49. The van der Waals surface area contributed by atoms with Crippen molar-refractivity contribution in [2.75, 3.05) is 0 Å². The number of rotatable bonds is 1. The molecule has 13 heavy (non-hydrogen) atoms. The number of benzene rings is 1. The van der Waals surface area contributed by atoms with Crippen LogP contribution in [0.1, 0.15) is 11.1 Å².